The molecule has 200 valence electrons. The van der Waals surface area contributed by atoms with E-state index in [1.54, 1.807) is 36.4 Å². The number of alkyl halides is 3. The van der Waals surface area contributed by atoms with Crippen molar-refractivity contribution in [1.82, 2.24) is 9.55 Å². The van der Waals surface area contributed by atoms with Gasteiger partial charge in [0.25, 0.3) is 5.91 Å². The van der Waals surface area contributed by atoms with Crippen molar-refractivity contribution in [2.24, 2.45) is 0 Å². The van der Waals surface area contributed by atoms with Crippen molar-refractivity contribution in [1.29, 1.82) is 5.26 Å². The maximum atomic E-state index is 13.5. The summed E-state index contributed by atoms with van der Waals surface area (Å²) in [5, 5.41) is 12.2. The van der Waals surface area contributed by atoms with Crippen LogP contribution in [0.2, 0.25) is 10.0 Å². The maximum Gasteiger partial charge on any atom is 0.417 e. The molecule has 0 aliphatic heterocycles. The molecular formula is C29H16Cl2F4N4O. The third-order valence-electron chi connectivity index (χ3n) is 6.14. The summed E-state index contributed by atoms with van der Waals surface area (Å²) in [7, 11) is 0. The Kier molecular flexibility index (Phi) is 7.23. The van der Waals surface area contributed by atoms with E-state index in [9.17, 15) is 22.4 Å². The predicted octanol–water partition coefficient (Wildman–Crippen LogP) is 8.34. The van der Waals surface area contributed by atoms with E-state index in [1.165, 1.54) is 36.4 Å². The summed E-state index contributed by atoms with van der Waals surface area (Å²) in [6, 6.07) is 20.1. The molecule has 5 nitrogen and oxygen atoms in total. The van der Waals surface area contributed by atoms with Gasteiger partial charge in [-0.15, -0.1) is 0 Å². The van der Waals surface area contributed by atoms with Crippen LogP contribution >= 0.6 is 23.2 Å². The van der Waals surface area contributed by atoms with Gasteiger partial charge in [-0.2, -0.15) is 18.4 Å². The van der Waals surface area contributed by atoms with Crippen LogP contribution in [0.3, 0.4) is 0 Å². The van der Waals surface area contributed by atoms with Gasteiger partial charge in [0.05, 0.1) is 33.3 Å². The number of aromatic nitrogens is 2. The van der Waals surface area contributed by atoms with Gasteiger partial charge in [0.1, 0.15) is 11.6 Å². The number of imidazole rings is 1. The lowest BCUT2D eigenvalue weighted by Crippen LogP contribution is -2.14. The number of fused-ring (bicyclic) bond motifs is 1. The van der Waals surface area contributed by atoms with Crippen LogP contribution in [0.25, 0.3) is 22.4 Å². The molecule has 0 aliphatic rings. The number of benzene rings is 4. The molecule has 0 spiro atoms. The molecule has 0 saturated heterocycles. The van der Waals surface area contributed by atoms with Crippen LogP contribution in [-0.4, -0.2) is 15.5 Å². The molecule has 11 heteroatoms. The summed E-state index contributed by atoms with van der Waals surface area (Å²) in [5.41, 5.74) is 0.755. The quantitative estimate of drug-likeness (QED) is 0.212. The topological polar surface area (TPSA) is 70.7 Å². The Morgan fingerprint density at radius 2 is 1.73 bits per heavy atom. The second-order valence-electron chi connectivity index (χ2n) is 8.80. The highest BCUT2D eigenvalue weighted by Gasteiger charge is 2.34. The van der Waals surface area contributed by atoms with E-state index in [0.29, 0.717) is 45.1 Å². The van der Waals surface area contributed by atoms with Crippen molar-refractivity contribution in [3.05, 3.63) is 117 Å². The van der Waals surface area contributed by atoms with Crippen molar-refractivity contribution in [2.75, 3.05) is 5.32 Å². The number of nitrogens with zero attached hydrogens (tertiary/aromatic N) is 3. The van der Waals surface area contributed by atoms with Crippen LogP contribution in [0.15, 0.2) is 78.9 Å². The molecule has 1 heterocycles. The first-order chi connectivity index (χ1) is 19.0. The normalized spacial score (nSPS) is 11.4. The zero-order valence-electron chi connectivity index (χ0n) is 20.2. The fourth-order valence-corrected chi connectivity index (χ4v) is 4.73. The van der Waals surface area contributed by atoms with Crippen molar-refractivity contribution < 1.29 is 22.4 Å². The lowest BCUT2D eigenvalue weighted by Gasteiger charge is -2.12. The van der Waals surface area contributed by atoms with Gasteiger partial charge in [0.15, 0.2) is 0 Å². The average molecular weight is 583 g/mol. The fraction of sp³-hybridized carbons (Fsp3) is 0.0690. The van der Waals surface area contributed by atoms with E-state index >= 15 is 0 Å². The Bertz CT molecular complexity index is 1810. The molecule has 1 aromatic heterocycles. The van der Waals surface area contributed by atoms with Crippen molar-refractivity contribution in [3.8, 4) is 17.5 Å². The van der Waals surface area contributed by atoms with Gasteiger partial charge in [-0.25, -0.2) is 9.37 Å². The third kappa shape index (κ3) is 5.50. The van der Waals surface area contributed by atoms with Crippen LogP contribution in [0.1, 0.15) is 27.0 Å². The Labute approximate surface area is 235 Å². The first-order valence-electron chi connectivity index (χ1n) is 11.7. The number of rotatable bonds is 5. The van der Waals surface area contributed by atoms with Gasteiger partial charge in [0.2, 0.25) is 0 Å². The number of carbonyl (C=O) groups is 1. The summed E-state index contributed by atoms with van der Waals surface area (Å²) < 4.78 is 55.4. The molecule has 40 heavy (non-hydrogen) atoms. The molecule has 1 N–H and O–H groups in total. The third-order valence-corrected chi connectivity index (χ3v) is 6.69. The summed E-state index contributed by atoms with van der Waals surface area (Å²) in [5.74, 6) is -0.570. The lowest BCUT2D eigenvalue weighted by molar-refractivity contribution is -0.137. The summed E-state index contributed by atoms with van der Waals surface area (Å²) in [6.07, 6.45) is -4.76. The zero-order chi connectivity index (χ0) is 28.6. The largest absolute Gasteiger partial charge is 0.417 e. The molecule has 5 rings (SSSR count). The lowest BCUT2D eigenvalue weighted by atomic mass is 10.1. The highest BCUT2D eigenvalue weighted by molar-refractivity contribution is 6.36. The van der Waals surface area contributed by atoms with E-state index < -0.39 is 23.2 Å². The van der Waals surface area contributed by atoms with Crippen molar-refractivity contribution in [3.63, 3.8) is 0 Å². The van der Waals surface area contributed by atoms with Crippen LogP contribution in [0.4, 0.5) is 23.2 Å². The Morgan fingerprint density at radius 3 is 2.40 bits per heavy atom. The minimum atomic E-state index is -4.76. The molecule has 0 atom stereocenters. The smallest absolute Gasteiger partial charge is 0.322 e. The van der Waals surface area contributed by atoms with Crippen LogP contribution in [-0.2, 0) is 12.7 Å². The minimum Gasteiger partial charge on any atom is -0.322 e. The minimum absolute atomic E-state index is 0.119. The van der Waals surface area contributed by atoms with E-state index in [0.717, 1.165) is 11.6 Å². The molecule has 0 bridgehead atoms. The van der Waals surface area contributed by atoms with E-state index in [1.807, 2.05) is 4.57 Å². The summed E-state index contributed by atoms with van der Waals surface area (Å²) in [6.45, 7) is 0.308. The van der Waals surface area contributed by atoms with Crippen LogP contribution in [0.5, 0.6) is 0 Å². The number of amides is 1. The van der Waals surface area contributed by atoms with Gasteiger partial charge in [-0.1, -0.05) is 35.3 Å². The first-order valence-corrected chi connectivity index (χ1v) is 12.4. The maximum absolute atomic E-state index is 13.5. The van der Waals surface area contributed by atoms with Gasteiger partial charge in [-0.05, 0) is 72.3 Å². The predicted molar refractivity (Wildman–Crippen MR) is 145 cm³/mol. The first kappa shape index (κ1) is 27.2. The molecular weight excluding hydrogens is 567 g/mol. The van der Waals surface area contributed by atoms with E-state index in [2.05, 4.69) is 5.32 Å². The molecule has 0 fully saturated rings. The number of carbonyl (C=O) groups excluding carboxylic acids is 1. The number of nitriles is 1. The highest BCUT2D eigenvalue weighted by atomic mass is 35.5. The van der Waals surface area contributed by atoms with Gasteiger partial charge < -0.3 is 9.88 Å². The van der Waals surface area contributed by atoms with E-state index in [4.69, 9.17) is 33.4 Å². The molecule has 5 aromatic rings. The fourth-order valence-electron chi connectivity index (χ4n) is 4.24. The Morgan fingerprint density at radius 1 is 0.975 bits per heavy atom. The molecule has 0 saturated carbocycles. The Hall–Kier alpha value is -4.39. The molecule has 4 aromatic carbocycles. The van der Waals surface area contributed by atoms with Gasteiger partial charge >= 0.3 is 6.18 Å². The second-order valence-corrected chi connectivity index (χ2v) is 9.64. The number of hydrogen-bond acceptors (Lipinski definition) is 3. The monoisotopic (exact) mass is 582 g/mol. The van der Waals surface area contributed by atoms with Gasteiger partial charge in [-0.3, -0.25) is 4.79 Å². The average Bonchev–Trinajstić information content (AvgIpc) is 3.26. The number of halogens is 6. The van der Waals surface area contributed by atoms with E-state index in [-0.39, 0.29) is 17.1 Å². The summed E-state index contributed by atoms with van der Waals surface area (Å²) >= 11 is 12.5. The Balaban J connectivity index is 1.54. The number of hydrogen-bond donors (Lipinski definition) is 1. The van der Waals surface area contributed by atoms with Crippen LogP contribution < -0.4 is 5.32 Å². The zero-order valence-corrected chi connectivity index (χ0v) is 21.7. The van der Waals surface area contributed by atoms with Crippen molar-refractivity contribution >= 4 is 45.8 Å². The SMILES string of the molecule is N#Cc1ccc(NC(=O)c2ccc3c(c2)nc(-c2ccc(Cl)cc2Cl)n3Cc2ccc(F)cc2)cc1C(F)(F)F. The summed E-state index contributed by atoms with van der Waals surface area (Å²) in [4.78, 5) is 17.7. The molecule has 0 unspecified atom stereocenters. The standard InChI is InChI=1S/C29H16Cl2F4N4O/c30-19-5-9-22(24(31)12-19)27-38-25-11-17(4-10-26(25)39(27)15-16-1-6-20(32)7-2-16)28(40)37-21-8-3-18(14-36)23(13-21)29(33,34)35/h1-13H,15H2,(H,37,40). The van der Waals surface area contributed by atoms with Crippen molar-refractivity contribution in [2.45, 2.75) is 12.7 Å². The number of nitrogens with one attached hydrogen (secondary N) is 1. The highest BCUT2D eigenvalue weighted by Crippen LogP contribution is 2.35. The molecule has 0 radical (unpaired) electrons. The molecule has 1 amide bonds. The van der Waals surface area contributed by atoms with Gasteiger partial charge in [0, 0.05) is 28.4 Å². The second kappa shape index (κ2) is 10.6. The van der Waals surface area contributed by atoms with Crippen LogP contribution in [0, 0.1) is 17.1 Å². The number of anilines is 1. The molecule has 0 aliphatic carbocycles.